The van der Waals surface area contributed by atoms with Crippen LogP contribution in [0.3, 0.4) is 0 Å². The van der Waals surface area contributed by atoms with Crippen LogP contribution in [-0.2, 0) is 16.0 Å². The molecule has 2 aliphatic rings. The molecule has 0 N–H and O–H groups in total. The smallest absolute Gasteiger partial charge is 0.233 e. The maximum absolute atomic E-state index is 12.8. The number of piperidine rings is 1. The molecule has 0 saturated carbocycles. The minimum absolute atomic E-state index is 0.193. The summed E-state index contributed by atoms with van der Waals surface area (Å²) in [5.41, 5.74) is 2.33. The van der Waals surface area contributed by atoms with E-state index in [9.17, 15) is 4.79 Å². The Kier molecular flexibility index (Phi) is 6.94. The van der Waals surface area contributed by atoms with Gasteiger partial charge < -0.3 is 14.5 Å². The lowest BCUT2D eigenvalue weighted by Gasteiger charge is -2.30. The van der Waals surface area contributed by atoms with Crippen LogP contribution in [0.2, 0.25) is 0 Å². The summed E-state index contributed by atoms with van der Waals surface area (Å²) < 4.78 is 7.64. The van der Waals surface area contributed by atoms with Crippen LogP contribution in [0.15, 0.2) is 29.4 Å². The van der Waals surface area contributed by atoms with Gasteiger partial charge in [-0.05, 0) is 36.8 Å². The number of anilines is 1. The number of hydrogen-bond donors (Lipinski definition) is 0. The highest BCUT2D eigenvalue weighted by Crippen LogP contribution is 2.29. The van der Waals surface area contributed by atoms with E-state index < -0.39 is 0 Å². The Morgan fingerprint density at radius 2 is 1.87 bits per heavy atom. The number of hydrogen-bond acceptors (Lipinski definition) is 6. The van der Waals surface area contributed by atoms with Gasteiger partial charge in [0.2, 0.25) is 11.9 Å². The van der Waals surface area contributed by atoms with E-state index in [1.807, 2.05) is 11.0 Å². The number of aryl methyl sites for hydroxylation is 1. The van der Waals surface area contributed by atoms with Gasteiger partial charge in [0, 0.05) is 26.2 Å². The molecule has 0 spiro atoms. The number of para-hydroxylation sites is 1. The van der Waals surface area contributed by atoms with E-state index in [0.29, 0.717) is 24.9 Å². The van der Waals surface area contributed by atoms with Crippen molar-refractivity contribution in [3.63, 3.8) is 0 Å². The molecule has 0 unspecified atom stereocenters. The molecule has 1 aromatic heterocycles. The molecule has 2 fully saturated rings. The van der Waals surface area contributed by atoms with Crippen LogP contribution in [-0.4, -0.2) is 70.7 Å². The van der Waals surface area contributed by atoms with Crippen molar-refractivity contribution in [2.24, 2.45) is 5.92 Å². The number of carbonyl (C=O) groups is 1. The maximum atomic E-state index is 12.8. The summed E-state index contributed by atoms with van der Waals surface area (Å²) in [4.78, 5) is 17.0. The number of ether oxygens (including phenoxy) is 1. The average molecular weight is 430 g/mol. The van der Waals surface area contributed by atoms with E-state index in [4.69, 9.17) is 4.74 Å². The number of rotatable bonds is 6. The van der Waals surface area contributed by atoms with E-state index in [-0.39, 0.29) is 5.91 Å². The van der Waals surface area contributed by atoms with Gasteiger partial charge in [-0.1, -0.05) is 43.8 Å². The van der Waals surface area contributed by atoms with Crippen LogP contribution in [0.25, 0.3) is 5.69 Å². The highest BCUT2D eigenvalue weighted by atomic mass is 32.2. The van der Waals surface area contributed by atoms with Gasteiger partial charge in [-0.3, -0.25) is 9.36 Å². The fourth-order valence-corrected chi connectivity index (χ4v) is 4.88. The molecule has 2 aromatic rings. The largest absolute Gasteiger partial charge is 0.378 e. The summed E-state index contributed by atoms with van der Waals surface area (Å²) in [6, 6.07) is 8.37. The number of amides is 1. The third-order valence-electron chi connectivity index (χ3n) is 5.98. The van der Waals surface area contributed by atoms with Gasteiger partial charge in [-0.25, -0.2) is 0 Å². The lowest BCUT2D eigenvalue weighted by atomic mass is 9.99. The highest BCUT2D eigenvalue weighted by Gasteiger charge is 2.25. The Hall–Kier alpha value is -2.06. The maximum Gasteiger partial charge on any atom is 0.233 e. The third kappa shape index (κ3) is 4.64. The molecule has 7 nitrogen and oxygen atoms in total. The first-order chi connectivity index (χ1) is 14.7. The SMILES string of the molecule is CCc1ccccc1-n1c(SCC(=O)N2CCC(C)CC2)nnc1N1CCOCC1. The van der Waals surface area contributed by atoms with E-state index >= 15 is 0 Å². The minimum Gasteiger partial charge on any atom is -0.378 e. The van der Waals surface area contributed by atoms with Crippen molar-refractivity contribution in [2.45, 2.75) is 38.3 Å². The highest BCUT2D eigenvalue weighted by molar-refractivity contribution is 7.99. The Morgan fingerprint density at radius 3 is 2.60 bits per heavy atom. The lowest BCUT2D eigenvalue weighted by molar-refractivity contribution is -0.129. The van der Waals surface area contributed by atoms with Crippen molar-refractivity contribution in [3.05, 3.63) is 29.8 Å². The van der Waals surface area contributed by atoms with Crippen LogP contribution < -0.4 is 4.90 Å². The minimum atomic E-state index is 0.193. The van der Waals surface area contributed by atoms with Crippen LogP contribution in [0.4, 0.5) is 5.95 Å². The molecule has 1 aromatic carbocycles. The van der Waals surface area contributed by atoms with Crippen LogP contribution in [0.1, 0.15) is 32.3 Å². The molecular weight excluding hydrogens is 398 g/mol. The third-order valence-corrected chi connectivity index (χ3v) is 6.90. The molecule has 30 heavy (non-hydrogen) atoms. The molecule has 162 valence electrons. The van der Waals surface area contributed by atoms with Crippen molar-refractivity contribution in [2.75, 3.05) is 50.0 Å². The van der Waals surface area contributed by atoms with Gasteiger partial charge in [0.15, 0.2) is 5.16 Å². The first kappa shape index (κ1) is 21.2. The lowest BCUT2D eigenvalue weighted by Crippen LogP contribution is -2.39. The monoisotopic (exact) mass is 429 g/mol. The second kappa shape index (κ2) is 9.83. The Labute approximate surface area is 182 Å². The summed E-state index contributed by atoms with van der Waals surface area (Å²) in [6.07, 6.45) is 3.11. The summed E-state index contributed by atoms with van der Waals surface area (Å²) >= 11 is 1.49. The van der Waals surface area contributed by atoms with Gasteiger partial charge >= 0.3 is 0 Å². The van der Waals surface area contributed by atoms with E-state index in [0.717, 1.165) is 62.2 Å². The van der Waals surface area contributed by atoms with Crippen LogP contribution in [0, 0.1) is 5.92 Å². The zero-order valence-electron chi connectivity index (χ0n) is 17.9. The van der Waals surface area contributed by atoms with Crippen molar-refractivity contribution in [1.82, 2.24) is 19.7 Å². The number of benzene rings is 1. The van der Waals surface area contributed by atoms with E-state index in [2.05, 4.69) is 51.7 Å². The summed E-state index contributed by atoms with van der Waals surface area (Å²) in [7, 11) is 0. The van der Waals surface area contributed by atoms with Crippen LogP contribution in [0.5, 0.6) is 0 Å². The van der Waals surface area contributed by atoms with Crippen molar-refractivity contribution >= 4 is 23.6 Å². The first-order valence-electron chi connectivity index (χ1n) is 10.9. The fourth-order valence-electron chi connectivity index (χ4n) is 4.04. The van der Waals surface area contributed by atoms with E-state index in [1.54, 1.807) is 0 Å². The number of morpholine rings is 1. The number of aromatic nitrogens is 3. The molecule has 2 aliphatic heterocycles. The fraction of sp³-hybridized carbons (Fsp3) is 0.591. The van der Waals surface area contributed by atoms with Gasteiger partial charge in [0.05, 0.1) is 24.7 Å². The van der Waals surface area contributed by atoms with Gasteiger partial charge in [-0.2, -0.15) is 0 Å². The topological polar surface area (TPSA) is 63.5 Å². The number of thioether (sulfide) groups is 1. The molecular formula is C22H31N5O2S. The molecule has 0 radical (unpaired) electrons. The van der Waals surface area contributed by atoms with Gasteiger partial charge in [-0.15, -0.1) is 10.2 Å². The standard InChI is InChI=1S/C22H31N5O2S/c1-3-18-6-4-5-7-19(18)27-21(26-12-14-29-15-13-26)23-24-22(27)30-16-20(28)25-10-8-17(2)9-11-25/h4-7,17H,3,8-16H2,1-2H3. The predicted octanol–water partition coefficient (Wildman–Crippen LogP) is 3.02. The number of nitrogens with zero attached hydrogens (tertiary/aromatic N) is 5. The zero-order valence-corrected chi connectivity index (χ0v) is 18.7. The molecule has 2 saturated heterocycles. The summed E-state index contributed by atoms with van der Waals surface area (Å²) in [5, 5.41) is 9.80. The van der Waals surface area contributed by atoms with Crippen molar-refractivity contribution < 1.29 is 9.53 Å². The molecule has 0 bridgehead atoms. The van der Waals surface area contributed by atoms with Gasteiger partial charge in [0.1, 0.15) is 0 Å². The quantitative estimate of drug-likeness (QED) is 0.658. The molecule has 4 rings (SSSR count). The Balaban J connectivity index is 1.58. The Bertz CT molecular complexity index is 857. The van der Waals surface area contributed by atoms with Gasteiger partial charge in [0.25, 0.3) is 0 Å². The molecule has 0 aliphatic carbocycles. The van der Waals surface area contributed by atoms with Crippen molar-refractivity contribution in [1.29, 1.82) is 0 Å². The Morgan fingerprint density at radius 1 is 1.13 bits per heavy atom. The molecule has 3 heterocycles. The number of carbonyl (C=O) groups excluding carboxylic acids is 1. The van der Waals surface area contributed by atoms with Crippen molar-refractivity contribution in [3.8, 4) is 5.69 Å². The summed E-state index contributed by atoms with van der Waals surface area (Å²) in [6.45, 7) is 9.12. The molecule has 1 amide bonds. The number of likely N-dealkylation sites (tertiary alicyclic amines) is 1. The predicted molar refractivity (Wildman–Crippen MR) is 119 cm³/mol. The van der Waals surface area contributed by atoms with Crippen LogP contribution >= 0.6 is 11.8 Å². The zero-order chi connectivity index (χ0) is 20.9. The average Bonchev–Trinajstić information content (AvgIpc) is 3.22. The second-order valence-electron chi connectivity index (χ2n) is 8.05. The normalized spacial score (nSPS) is 18.1. The summed E-state index contributed by atoms with van der Waals surface area (Å²) in [5.74, 6) is 2.13. The second-order valence-corrected chi connectivity index (χ2v) is 8.99. The first-order valence-corrected chi connectivity index (χ1v) is 11.9. The van der Waals surface area contributed by atoms with E-state index in [1.165, 1.54) is 17.3 Å². The molecule has 8 heteroatoms. The molecule has 0 atom stereocenters.